The van der Waals surface area contributed by atoms with Gasteiger partial charge in [0.25, 0.3) is 5.56 Å². The van der Waals surface area contributed by atoms with Crippen molar-refractivity contribution in [1.29, 1.82) is 0 Å². The van der Waals surface area contributed by atoms with Gasteiger partial charge in [-0.3, -0.25) is 19.0 Å². The fourth-order valence-corrected chi connectivity index (χ4v) is 7.17. The van der Waals surface area contributed by atoms with E-state index in [1.807, 2.05) is 38.1 Å². The number of allylic oxidation sites excluding steroid dienone is 1. The van der Waals surface area contributed by atoms with Crippen LogP contribution in [0.2, 0.25) is 10.0 Å². The molecule has 0 bridgehead atoms. The minimum Gasteiger partial charge on any atom is -0.495 e. The van der Waals surface area contributed by atoms with Crippen molar-refractivity contribution in [3.63, 3.8) is 0 Å². The highest BCUT2D eigenvalue weighted by atomic mass is 35.5. The average molecular weight is 806 g/mol. The van der Waals surface area contributed by atoms with Crippen molar-refractivity contribution >= 4 is 63.6 Å². The number of ether oxygens (including phenoxy) is 2. The van der Waals surface area contributed by atoms with Crippen LogP contribution in [0.4, 0.5) is 16.4 Å². The van der Waals surface area contributed by atoms with E-state index >= 15 is 0 Å². The summed E-state index contributed by atoms with van der Waals surface area (Å²) in [4.78, 5) is 65.1. The third-order valence-electron chi connectivity index (χ3n) is 9.32. The molecule has 2 aromatic carbocycles. The van der Waals surface area contributed by atoms with Crippen LogP contribution in [0.25, 0.3) is 22.2 Å². The van der Waals surface area contributed by atoms with E-state index in [0.717, 1.165) is 5.56 Å². The van der Waals surface area contributed by atoms with Gasteiger partial charge in [0, 0.05) is 80.0 Å². The Morgan fingerprint density at radius 2 is 1.75 bits per heavy atom. The van der Waals surface area contributed by atoms with Crippen molar-refractivity contribution in [2.75, 3.05) is 65.1 Å². The third kappa shape index (κ3) is 9.86. The van der Waals surface area contributed by atoms with Crippen molar-refractivity contribution < 1.29 is 23.9 Å². The summed E-state index contributed by atoms with van der Waals surface area (Å²) in [6, 6.07) is 9.95. The number of nitrogens with one attached hydrogen (secondary N) is 3. The molecule has 1 aliphatic heterocycles. The topological polar surface area (TPSA) is 160 Å². The number of urea groups is 1. The van der Waals surface area contributed by atoms with E-state index in [9.17, 15) is 19.2 Å². The number of ketones is 1. The van der Waals surface area contributed by atoms with Crippen molar-refractivity contribution in [2.24, 2.45) is 5.92 Å². The van der Waals surface area contributed by atoms with Crippen molar-refractivity contribution in [2.45, 2.75) is 32.4 Å². The van der Waals surface area contributed by atoms with E-state index in [-0.39, 0.29) is 81.3 Å². The molecule has 16 heteroatoms. The summed E-state index contributed by atoms with van der Waals surface area (Å²) >= 11 is 13.6. The van der Waals surface area contributed by atoms with E-state index in [1.54, 1.807) is 41.4 Å². The molecule has 3 N–H and O–H groups in total. The number of benzene rings is 2. The highest BCUT2D eigenvalue weighted by Crippen LogP contribution is 2.45. The number of nitrogens with zero attached hydrogens (tertiary/aromatic N) is 5. The predicted octanol–water partition coefficient (Wildman–Crippen LogP) is 5.67. The number of carbonyl (C=O) groups is 3. The Hall–Kier alpha value is -5.44. The minimum absolute atomic E-state index is 0.132. The van der Waals surface area contributed by atoms with Gasteiger partial charge in [-0.1, -0.05) is 48.0 Å². The number of hydrogen-bond donors (Lipinski definition) is 3. The molecule has 3 amide bonds. The summed E-state index contributed by atoms with van der Waals surface area (Å²) in [5.41, 5.74) is 1.86. The number of aromatic nitrogens is 3. The van der Waals surface area contributed by atoms with Gasteiger partial charge in [0.15, 0.2) is 5.78 Å². The van der Waals surface area contributed by atoms with Crippen LogP contribution in [0.5, 0.6) is 11.5 Å². The van der Waals surface area contributed by atoms with Gasteiger partial charge >= 0.3 is 6.03 Å². The first-order valence-corrected chi connectivity index (χ1v) is 18.8. The standard InChI is InChI=1S/C40H46Cl2N8O6/c1-7-28(51)18-26-22-49(40(54)43-8-2)23-30(26)46-39-44-21-25-19-29(34-35(41)31(55-5)20-32(56-6)36(34)42)38(53)50(37(25)47-39)17-15-24-11-13-27(14-12-24)45-33(52)10-9-16-48(3)4/h7,9-14,19-21,26,30H,1,8,15-18,22-23H2,2-6H3,(H,43,54)(H,45,52)(H,44,46,47)/b10-9+. The first-order valence-electron chi connectivity index (χ1n) is 18.0. The Labute approximate surface area is 335 Å². The number of amides is 3. The molecule has 0 spiro atoms. The van der Waals surface area contributed by atoms with Crippen LogP contribution in [-0.4, -0.2) is 103 Å². The number of pyridine rings is 1. The lowest BCUT2D eigenvalue weighted by Crippen LogP contribution is -2.39. The van der Waals surface area contributed by atoms with Crippen molar-refractivity contribution in [3.05, 3.63) is 93.4 Å². The number of fused-ring (bicyclic) bond motifs is 1. The fraction of sp³-hybridized carbons (Fsp3) is 0.350. The number of anilines is 2. The molecule has 2 atom stereocenters. The average Bonchev–Trinajstić information content (AvgIpc) is 3.57. The molecule has 1 saturated heterocycles. The third-order valence-corrected chi connectivity index (χ3v) is 10.1. The SMILES string of the molecule is C=CC(=O)CC1CN(C(=O)NCC)CC1Nc1ncc2cc(-c3c(Cl)c(OC)cc(OC)c3Cl)c(=O)n(CCc3ccc(NC(=O)/C=C/CN(C)C)cc3)c2n1. The van der Waals surface area contributed by atoms with E-state index in [4.69, 9.17) is 37.7 Å². The first-order chi connectivity index (χ1) is 26.9. The van der Waals surface area contributed by atoms with E-state index in [1.165, 1.54) is 30.9 Å². The highest BCUT2D eigenvalue weighted by Gasteiger charge is 2.36. The number of likely N-dealkylation sites (N-methyl/N-ethyl adjacent to an activating group) is 1. The first kappa shape index (κ1) is 41.7. The summed E-state index contributed by atoms with van der Waals surface area (Å²) < 4.78 is 12.5. The predicted molar refractivity (Wildman–Crippen MR) is 220 cm³/mol. The van der Waals surface area contributed by atoms with Gasteiger partial charge in [-0.25, -0.2) is 9.78 Å². The largest absolute Gasteiger partial charge is 0.495 e. The second-order valence-electron chi connectivity index (χ2n) is 13.5. The molecule has 4 aromatic rings. The summed E-state index contributed by atoms with van der Waals surface area (Å²) in [5.74, 6) is 0.148. The van der Waals surface area contributed by atoms with Crippen LogP contribution < -0.4 is 31.0 Å². The lowest BCUT2D eigenvalue weighted by atomic mass is 9.97. The molecular formula is C40H46Cl2N8O6. The number of carbonyl (C=O) groups excluding carboxylic acids is 3. The number of halogens is 2. The number of methoxy groups -OCH3 is 2. The van der Waals surface area contributed by atoms with Gasteiger partial charge in [0.2, 0.25) is 11.9 Å². The van der Waals surface area contributed by atoms with Gasteiger partial charge in [-0.15, -0.1) is 0 Å². The van der Waals surface area contributed by atoms with Crippen LogP contribution >= 0.6 is 23.2 Å². The van der Waals surface area contributed by atoms with Gasteiger partial charge in [-0.05, 0) is 57.3 Å². The quantitative estimate of drug-likeness (QED) is 0.121. The summed E-state index contributed by atoms with van der Waals surface area (Å²) in [6.45, 7) is 7.41. The molecule has 0 saturated carbocycles. The molecule has 14 nitrogen and oxygen atoms in total. The van der Waals surface area contributed by atoms with Crippen molar-refractivity contribution in [3.8, 4) is 22.6 Å². The van der Waals surface area contributed by atoms with E-state index in [2.05, 4.69) is 27.5 Å². The van der Waals surface area contributed by atoms with Crippen LogP contribution in [0.3, 0.4) is 0 Å². The van der Waals surface area contributed by atoms with Crippen LogP contribution in [0.15, 0.2) is 72.2 Å². The van der Waals surface area contributed by atoms with Crippen LogP contribution in [0, 0.1) is 5.92 Å². The molecule has 2 aromatic heterocycles. The highest BCUT2D eigenvalue weighted by molar-refractivity contribution is 6.41. The number of rotatable bonds is 16. The zero-order valence-corrected chi connectivity index (χ0v) is 33.5. The number of aryl methyl sites for hydroxylation is 2. The summed E-state index contributed by atoms with van der Waals surface area (Å²) in [7, 11) is 6.75. The smallest absolute Gasteiger partial charge is 0.317 e. The Morgan fingerprint density at radius 3 is 2.38 bits per heavy atom. The Morgan fingerprint density at radius 1 is 1.05 bits per heavy atom. The Balaban J connectivity index is 1.53. The lowest BCUT2D eigenvalue weighted by molar-refractivity contribution is -0.115. The fourth-order valence-electron chi connectivity index (χ4n) is 6.47. The maximum atomic E-state index is 14.6. The second kappa shape index (κ2) is 18.9. The molecule has 3 heterocycles. The Bertz CT molecular complexity index is 2160. The van der Waals surface area contributed by atoms with Gasteiger partial charge < -0.3 is 35.2 Å². The monoisotopic (exact) mass is 804 g/mol. The zero-order valence-electron chi connectivity index (χ0n) is 32.0. The van der Waals surface area contributed by atoms with Gasteiger partial charge in [0.1, 0.15) is 17.1 Å². The molecule has 296 valence electrons. The second-order valence-corrected chi connectivity index (χ2v) is 14.3. The van der Waals surface area contributed by atoms with Crippen LogP contribution in [0.1, 0.15) is 18.9 Å². The van der Waals surface area contributed by atoms with Crippen molar-refractivity contribution in [1.82, 2.24) is 29.7 Å². The maximum absolute atomic E-state index is 14.6. The summed E-state index contributed by atoms with van der Waals surface area (Å²) in [5, 5.41) is 9.79. The zero-order chi connectivity index (χ0) is 40.5. The lowest BCUT2D eigenvalue weighted by Gasteiger charge is -2.20. The maximum Gasteiger partial charge on any atom is 0.317 e. The normalized spacial score (nSPS) is 15.3. The van der Waals surface area contributed by atoms with E-state index in [0.29, 0.717) is 49.3 Å². The van der Waals surface area contributed by atoms with Gasteiger partial charge in [-0.2, -0.15) is 4.98 Å². The van der Waals surface area contributed by atoms with Gasteiger partial charge in [0.05, 0.1) is 35.9 Å². The molecule has 2 unspecified atom stereocenters. The molecule has 56 heavy (non-hydrogen) atoms. The Kier molecular flexibility index (Phi) is 14.1. The molecular weight excluding hydrogens is 759 g/mol. The molecule has 0 radical (unpaired) electrons. The minimum atomic E-state index is -0.424. The molecule has 0 aliphatic carbocycles. The molecule has 1 aliphatic rings. The summed E-state index contributed by atoms with van der Waals surface area (Å²) in [6.07, 6.45) is 6.74. The molecule has 5 rings (SSSR count). The molecule has 1 fully saturated rings. The van der Waals surface area contributed by atoms with E-state index < -0.39 is 5.56 Å². The number of hydrogen-bond acceptors (Lipinski definition) is 10. The van der Waals surface area contributed by atoms with Crippen LogP contribution in [-0.2, 0) is 22.6 Å². The number of likely N-dealkylation sites (tertiary alicyclic amines) is 1.